The summed E-state index contributed by atoms with van der Waals surface area (Å²) in [6.45, 7) is 1.46. The molecule has 1 aromatic rings. The number of hydrogen-bond acceptors (Lipinski definition) is 10. The fourth-order valence-corrected chi connectivity index (χ4v) is 5.15. The molecule has 2 saturated heterocycles. The van der Waals surface area contributed by atoms with Crippen molar-refractivity contribution in [1.29, 1.82) is 0 Å². The van der Waals surface area contributed by atoms with E-state index in [9.17, 15) is 24.0 Å². The topological polar surface area (TPSA) is 144 Å². The Morgan fingerprint density at radius 3 is 2.00 bits per heavy atom. The number of halogens is 1. The van der Waals surface area contributed by atoms with Gasteiger partial charge in [-0.05, 0) is 71.6 Å². The molecule has 0 unspecified atom stereocenters. The van der Waals surface area contributed by atoms with Gasteiger partial charge in [-0.3, -0.25) is 29.0 Å². The highest BCUT2D eigenvalue weighted by Gasteiger charge is 2.52. The van der Waals surface area contributed by atoms with Crippen LogP contribution in [0.5, 0.6) is 11.5 Å². The first-order valence-corrected chi connectivity index (χ1v) is 12.7. The molecule has 0 spiro atoms. The molecule has 0 aromatic heterocycles. The molecule has 1 aromatic carbocycles. The van der Waals surface area contributed by atoms with Crippen molar-refractivity contribution in [1.82, 2.24) is 20.4 Å². The lowest BCUT2D eigenvalue weighted by Gasteiger charge is -2.39. The number of hydrogen-bond donors (Lipinski definition) is 2. The predicted octanol–water partition coefficient (Wildman–Crippen LogP) is 0.304. The number of benzene rings is 1. The van der Waals surface area contributed by atoms with Gasteiger partial charge < -0.3 is 24.8 Å². The van der Waals surface area contributed by atoms with Crippen LogP contribution in [-0.2, 0) is 28.7 Å². The number of amides is 4. The van der Waals surface area contributed by atoms with E-state index in [1.54, 1.807) is 13.0 Å². The van der Waals surface area contributed by atoms with E-state index in [2.05, 4.69) is 10.6 Å². The van der Waals surface area contributed by atoms with Crippen LogP contribution in [0.15, 0.2) is 12.1 Å². The molecule has 0 aliphatic carbocycles. The standard InChI is InChI=1S/C22H23IN4O8S2/c1-5-34-12(28)8-35-16-10(23)6-9(7-11(16)33-4)13(14-17(29)24-21(36)26(2)19(14)31)15-18(30)25-22(37)27(3)20(15)32/h6-7,13-15H,5,8H2,1-4H3,(H,24,29,36)(H,25,30,37)/t14-,15-/m0/s1. The minimum atomic E-state index is -1.48. The van der Waals surface area contributed by atoms with Crippen LogP contribution in [0.2, 0.25) is 0 Å². The van der Waals surface area contributed by atoms with Crippen molar-refractivity contribution in [3.63, 3.8) is 0 Å². The molecule has 2 fully saturated rings. The first kappa shape index (κ1) is 28.6. The maximum atomic E-state index is 13.3. The highest BCUT2D eigenvalue weighted by molar-refractivity contribution is 14.1. The van der Waals surface area contributed by atoms with Crippen molar-refractivity contribution in [2.45, 2.75) is 12.8 Å². The molecule has 0 saturated carbocycles. The largest absolute Gasteiger partial charge is 0.493 e. The molecule has 37 heavy (non-hydrogen) atoms. The highest BCUT2D eigenvalue weighted by atomic mass is 127. The summed E-state index contributed by atoms with van der Waals surface area (Å²) in [5.41, 5.74) is 0.272. The Morgan fingerprint density at radius 2 is 1.54 bits per heavy atom. The van der Waals surface area contributed by atoms with Crippen LogP contribution in [0, 0.1) is 15.4 Å². The van der Waals surface area contributed by atoms with E-state index in [1.807, 2.05) is 22.6 Å². The number of carbonyl (C=O) groups is 5. The molecular weight excluding hydrogens is 639 g/mol. The van der Waals surface area contributed by atoms with Crippen LogP contribution in [0.3, 0.4) is 0 Å². The number of nitrogens with one attached hydrogen (secondary N) is 2. The van der Waals surface area contributed by atoms with Crippen LogP contribution in [0.1, 0.15) is 18.4 Å². The number of carbonyl (C=O) groups excluding carboxylic acids is 5. The molecule has 3 rings (SSSR count). The summed E-state index contributed by atoms with van der Waals surface area (Å²) in [5.74, 6) is -7.36. The molecular formula is C22H23IN4O8S2. The lowest BCUT2D eigenvalue weighted by molar-refractivity contribution is -0.147. The van der Waals surface area contributed by atoms with Crippen LogP contribution >= 0.6 is 47.0 Å². The Bertz CT molecular complexity index is 1160. The third-order valence-corrected chi connectivity index (χ3v) is 7.38. The van der Waals surface area contributed by atoms with E-state index < -0.39 is 47.4 Å². The maximum Gasteiger partial charge on any atom is 0.344 e. The summed E-state index contributed by atoms with van der Waals surface area (Å²) in [6, 6.07) is 3.00. The van der Waals surface area contributed by atoms with E-state index in [-0.39, 0.29) is 40.5 Å². The Balaban J connectivity index is 2.15. The summed E-state index contributed by atoms with van der Waals surface area (Å²) in [5, 5.41) is 4.71. The number of nitrogens with zero attached hydrogens (tertiary/aromatic N) is 2. The molecule has 15 heteroatoms. The molecule has 2 atom stereocenters. The number of thiocarbonyl (C=S) groups is 2. The SMILES string of the molecule is CCOC(=O)COc1c(I)cc(C([C@H]2C(=O)NC(=S)N(C)C2=O)[C@H]2C(=O)NC(=S)N(C)C2=O)cc1OC. The van der Waals surface area contributed by atoms with Crippen molar-refractivity contribution < 1.29 is 38.2 Å². The summed E-state index contributed by atoms with van der Waals surface area (Å²) >= 11 is 12.0. The van der Waals surface area contributed by atoms with Gasteiger partial charge in [-0.25, -0.2) is 4.79 Å². The molecule has 4 amide bonds. The molecule has 198 valence electrons. The maximum absolute atomic E-state index is 13.3. The van der Waals surface area contributed by atoms with Crippen molar-refractivity contribution in [3.05, 3.63) is 21.3 Å². The van der Waals surface area contributed by atoms with Gasteiger partial charge in [-0.2, -0.15) is 0 Å². The monoisotopic (exact) mass is 662 g/mol. The number of esters is 1. The minimum Gasteiger partial charge on any atom is -0.493 e. The third-order valence-electron chi connectivity index (χ3n) is 5.82. The number of ether oxygens (including phenoxy) is 3. The van der Waals surface area contributed by atoms with Gasteiger partial charge in [0.15, 0.2) is 28.3 Å². The van der Waals surface area contributed by atoms with Crippen LogP contribution < -0.4 is 20.1 Å². The fourth-order valence-electron chi connectivity index (χ4n) is 3.99. The van der Waals surface area contributed by atoms with Crippen molar-refractivity contribution in [3.8, 4) is 11.5 Å². The molecule has 2 aliphatic rings. The second kappa shape index (κ2) is 11.6. The molecule has 12 nitrogen and oxygen atoms in total. The average molecular weight is 662 g/mol. The summed E-state index contributed by atoms with van der Waals surface area (Å²) in [4.78, 5) is 66.7. The van der Waals surface area contributed by atoms with Gasteiger partial charge in [-0.1, -0.05) is 0 Å². The average Bonchev–Trinajstić information content (AvgIpc) is 2.84. The molecule has 2 aliphatic heterocycles. The quantitative estimate of drug-likeness (QED) is 0.173. The Labute approximate surface area is 236 Å². The highest BCUT2D eigenvalue weighted by Crippen LogP contribution is 2.43. The van der Waals surface area contributed by atoms with E-state index in [0.29, 0.717) is 3.57 Å². The zero-order valence-electron chi connectivity index (χ0n) is 20.2. The van der Waals surface area contributed by atoms with Gasteiger partial charge in [0, 0.05) is 20.0 Å². The van der Waals surface area contributed by atoms with E-state index in [4.69, 9.17) is 38.6 Å². The van der Waals surface area contributed by atoms with Crippen molar-refractivity contribution >= 4 is 86.8 Å². The molecule has 0 radical (unpaired) electrons. The first-order chi connectivity index (χ1) is 17.4. The summed E-state index contributed by atoms with van der Waals surface area (Å²) in [7, 11) is 4.13. The Kier molecular flexibility index (Phi) is 9.01. The van der Waals surface area contributed by atoms with Gasteiger partial charge in [-0.15, -0.1) is 0 Å². The predicted molar refractivity (Wildman–Crippen MR) is 145 cm³/mol. The van der Waals surface area contributed by atoms with Gasteiger partial charge in [0.2, 0.25) is 23.6 Å². The van der Waals surface area contributed by atoms with Crippen molar-refractivity contribution in [2.24, 2.45) is 11.8 Å². The van der Waals surface area contributed by atoms with Gasteiger partial charge in [0.05, 0.1) is 17.3 Å². The smallest absolute Gasteiger partial charge is 0.344 e. The first-order valence-electron chi connectivity index (χ1n) is 10.8. The van der Waals surface area contributed by atoms with Gasteiger partial charge in [0.1, 0.15) is 11.8 Å². The third kappa shape index (κ3) is 5.67. The second-order valence-electron chi connectivity index (χ2n) is 7.99. The molecule has 2 N–H and O–H groups in total. The van der Waals surface area contributed by atoms with Crippen molar-refractivity contribution in [2.75, 3.05) is 34.4 Å². The molecule has 2 heterocycles. The number of rotatable bonds is 8. The normalized spacial score (nSPS) is 20.2. The summed E-state index contributed by atoms with van der Waals surface area (Å²) in [6.07, 6.45) is 0. The molecule has 0 bridgehead atoms. The van der Waals surface area contributed by atoms with Crippen LogP contribution in [0.4, 0.5) is 0 Å². The van der Waals surface area contributed by atoms with Gasteiger partial charge >= 0.3 is 5.97 Å². The van der Waals surface area contributed by atoms with E-state index in [0.717, 1.165) is 9.80 Å². The zero-order chi connectivity index (χ0) is 27.6. The Hall–Kier alpha value is -2.92. The second-order valence-corrected chi connectivity index (χ2v) is 9.93. The number of methoxy groups -OCH3 is 1. The van der Waals surface area contributed by atoms with Crippen LogP contribution in [-0.4, -0.2) is 84.0 Å². The van der Waals surface area contributed by atoms with E-state index in [1.165, 1.54) is 27.3 Å². The lowest BCUT2D eigenvalue weighted by atomic mass is 9.73. The summed E-state index contributed by atoms with van der Waals surface area (Å²) < 4.78 is 16.4. The fraction of sp³-hybridized carbons (Fsp3) is 0.409. The minimum absolute atomic E-state index is 0.0995. The zero-order valence-corrected chi connectivity index (χ0v) is 23.9. The Morgan fingerprint density at radius 1 is 1.03 bits per heavy atom. The van der Waals surface area contributed by atoms with Crippen LogP contribution in [0.25, 0.3) is 0 Å². The lowest BCUT2D eigenvalue weighted by Crippen LogP contribution is -2.62. The van der Waals surface area contributed by atoms with Gasteiger partial charge in [0.25, 0.3) is 0 Å². The van der Waals surface area contributed by atoms with E-state index >= 15 is 0 Å².